The van der Waals surface area contributed by atoms with E-state index >= 15 is 0 Å². The Morgan fingerprint density at radius 3 is 2.64 bits per heavy atom. The third-order valence-electron chi connectivity index (χ3n) is 4.93. The topological polar surface area (TPSA) is 47.6 Å². The molecule has 0 aromatic heterocycles. The summed E-state index contributed by atoms with van der Waals surface area (Å²) in [6, 6.07) is 24.0. The highest BCUT2D eigenvalue weighted by molar-refractivity contribution is 5.90. The minimum absolute atomic E-state index is 0.0803. The number of fused-ring (bicyclic) bond motifs is 2. The molecule has 0 spiro atoms. The van der Waals surface area contributed by atoms with Crippen LogP contribution in [-0.2, 0) is 17.9 Å². The highest BCUT2D eigenvalue weighted by atomic mass is 16.5. The van der Waals surface area contributed by atoms with E-state index in [1.165, 1.54) is 5.56 Å². The molecule has 1 atom stereocenters. The Hall–Kier alpha value is -3.11. The van der Waals surface area contributed by atoms with Gasteiger partial charge in [-0.15, -0.1) is 0 Å². The summed E-state index contributed by atoms with van der Waals surface area (Å²) in [5.74, 6) is 0.472. The number of hydrogen-bond acceptors (Lipinski definition) is 4. The lowest BCUT2D eigenvalue weighted by Crippen LogP contribution is -2.23. The standard InChI is InChI=1S/C24H23NO3/c1-2-27-24(26)18-12-13-22-21(14-18)23(25-15-17-8-4-3-5-9-17)20-11-7-6-10-19(20)16-28-22/h3-14,23,25H,2,15-16H2,1H3. The predicted octanol–water partition coefficient (Wildman–Crippen LogP) is 4.63. The summed E-state index contributed by atoms with van der Waals surface area (Å²) in [6.07, 6.45) is 0. The third kappa shape index (κ3) is 3.78. The van der Waals surface area contributed by atoms with E-state index in [2.05, 4.69) is 29.6 Å². The van der Waals surface area contributed by atoms with Crippen LogP contribution in [0.5, 0.6) is 5.75 Å². The van der Waals surface area contributed by atoms with E-state index < -0.39 is 0 Å². The van der Waals surface area contributed by atoms with Crippen LogP contribution in [0.3, 0.4) is 0 Å². The number of carbonyl (C=O) groups is 1. The van der Waals surface area contributed by atoms with Gasteiger partial charge in [0.15, 0.2) is 0 Å². The fraction of sp³-hybridized carbons (Fsp3) is 0.208. The van der Waals surface area contributed by atoms with Gasteiger partial charge in [-0.2, -0.15) is 0 Å². The first-order valence-electron chi connectivity index (χ1n) is 9.55. The van der Waals surface area contributed by atoms with E-state index in [9.17, 15) is 4.79 Å². The smallest absolute Gasteiger partial charge is 0.338 e. The average molecular weight is 373 g/mol. The lowest BCUT2D eigenvalue weighted by Gasteiger charge is -2.21. The summed E-state index contributed by atoms with van der Waals surface area (Å²) < 4.78 is 11.2. The Kier molecular flexibility index (Phi) is 5.40. The summed E-state index contributed by atoms with van der Waals surface area (Å²) in [6.45, 7) is 3.38. The molecule has 142 valence electrons. The number of rotatable bonds is 5. The van der Waals surface area contributed by atoms with Gasteiger partial charge in [0, 0.05) is 12.1 Å². The monoisotopic (exact) mass is 373 g/mol. The van der Waals surface area contributed by atoms with Gasteiger partial charge in [-0.25, -0.2) is 4.79 Å². The van der Waals surface area contributed by atoms with Crippen LogP contribution >= 0.6 is 0 Å². The Balaban J connectivity index is 1.73. The first kappa shape index (κ1) is 18.3. The van der Waals surface area contributed by atoms with E-state index in [4.69, 9.17) is 9.47 Å². The maximum atomic E-state index is 12.3. The number of nitrogens with one attached hydrogen (secondary N) is 1. The highest BCUT2D eigenvalue weighted by Gasteiger charge is 2.25. The van der Waals surface area contributed by atoms with Gasteiger partial charge < -0.3 is 14.8 Å². The van der Waals surface area contributed by atoms with Crippen LogP contribution in [0, 0.1) is 0 Å². The Bertz CT molecular complexity index is 969. The van der Waals surface area contributed by atoms with E-state index in [1.807, 2.05) is 49.4 Å². The molecule has 0 amide bonds. The molecule has 0 fully saturated rings. The molecule has 1 aliphatic rings. The summed E-state index contributed by atoms with van der Waals surface area (Å²) in [5, 5.41) is 3.66. The van der Waals surface area contributed by atoms with Crippen LogP contribution < -0.4 is 10.1 Å². The minimum Gasteiger partial charge on any atom is -0.489 e. The van der Waals surface area contributed by atoms with Gasteiger partial charge in [0.2, 0.25) is 0 Å². The molecule has 1 unspecified atom stereocenters. The van der Waals surface area contributed by atoms with Crippen molar-refractivity contribution in [3.05, 3.63) is 101 Å². The maximum absolute atomic E-state index is 12.3. The average Bonchev–Trinajstić information content (AvgIpc) is 2.89. The lowest BCUT2D eigenvalue weighted by atomic mass is 9.93. The van der Waals surface area contributed by atoms with Crippen molar-refractivity contribution in [2.75, 3.05) is 6.61 Å². The van der Waals surface area contributed by atoms with Gasteiger partial charge in [-0.3, -0.25) is 0 Å². The molecule has 0 saturated carbocycles. The molecule has 4 heteroatoms. The lowest BCUT2D eigenvalue weighted by molar-refractivity contribution is 0.0526. The maximum Gasteiger partial charge on any atom is 0.338 e. The van der Waals surface area contributed by atoms with Crippen LogP contribution in [0.1, 0.15) is 45.6 Å². The summed E-state index contributed by atoms with van der Waals surface area (Å²) in [5.41, 5.74) is 5.00. The minimum atomic E-state index is -0.315. The van der Waals surface area contributed by atoms with Crippen LogP contribution in [0.25, 0.3) is 0 Å². The zero-order chi connectivity index (χ0) is 19.3. The molecule has 4 rings (SSSR count). The molecular weight excluding hydrogens is 350 g/mol. The van der Waals surface area contributed by atoms with Crippen LogP contribution in [0.2, 0.25) is 0 Å². The van der Waals surface area contributed by atoms with E-state index in [-0.39, 0.29) is 12.0 Å². The second-order valence-electron chi connectivity index (χ2n) is 6.76. The van der Waals surface area contributed by atoms with Gasteiger partial charge in [0.05, 0.1) is 18.2 Å². The molecule has 1 heterocycles. The molecule has 0 radical (unpaired) electrons. The van der Waals surface area contributed by atoms with Crippen molar-refractivity contribution < 1.29 is 14.3 Å². The van der Waals surface area contributed by atoms with Crippen molar-refractivity contribution in [2.45, 2.75) is 26.1 Å². The van der Waals surface area contributed by atoms with Crippen LogP contribution in [0.4, 0.5) is 0 Å². The van der Waals surface area contributed by atoms with Crippen LogP contribution in [-0.4, -0.2) is 12.6 Å². The van der Waals surface area contributed by atoms with Crippen molar-refractivity contribution in [1.82, 2.24) is 5.32 Å². The second-order valence-corrected chi connectivity index (χ2v) is 6.76. The van der Waals surface area contributed by atoms with Gasteiger partial charge in [0.25, 0.3) is 0 Å². The number of benzene rings is 3. The number of ether oxygens (including phenoxy) is 2. The largest absolute Gasteiger partial charge is 0.489 e. The molecule has 28 heavy (non-hydrogen) atoms. The summed E-state index contributed by atoms with van der Waals surface area (Å²) in [4.78, 5) is 12.3. The first-order chi connectivity index (χ1) is 13.8. The van der Waals surface area contributed by atoms with E-state index in [0.29, 0.717) is 25.3 Å². The Morgan fingerprint density at radius 2 is 1.82 bits per heavy atom. The van der Waals surface area contributed by atoms with Gasteiger partial charge in [-0.1, -0.05) is 54.6 Å². The molecule has 4 nitrogen and oxygen atoms in total. The molecule has 0 saturated heterocycles. The molecular formula is C24H23NO3. The zero-order valence-corrected chi connectivity index (χ0v) is 15.9. The van der Waals surface area contributed by atoms with Crippen molar-refractivity contribution >= 4 is 5.97 Å². The molecule has 0 bridgehead atoms. The summed E-state index contributed by atoms with van der Waals surface area (Å²) >= 11 is 0. The zero-order valence-electron chi connectivity index (χ0n) is 15.9. The molecule has 1 N–H and O–H groups in total. The van der Waals surface area contributed by atoms with Crippen molar-refractivity contribution in [3.63, 3.8) is 0 Å². The van der Waals surface area contributed by atoms with Gasteiger partial charge >= 0.3 is 5.97 Å². The molecule has 3 aromatic carbocycles. The van der Waals surface area contributed by atoms with Crippen molar-refractivity contribution in [1.29, 1.82) is 0 Å². The predicted molar refractivity (Wildman–Crippen MR) is 108 cm³/mol. The molecule has 0 aliphatic carbocycles. The van der Waals surface area contributed by atoms with Gasteiger partial charge in [0.1, 0.15) is 12.4 Å². The van der Waals surface area contributed by atoms with Crippen molar-refractivity contribution in [3.8, 4) is 5.75 Å². The van der Waals surface area contributed by atoms with Crippen molar-refractivity contribution in [2.24, 2.45) is 0 Å². The SMILES string of the molecule is CCOC(=O)c1ccc2c(c1)C(NCc1ccccc1)c1ccccc1CO2. The van der Waals surface area contributed by atoms with Crippen LogP contribution in [0.15, 0.2) is 72.8 Å². The summed E-state index contributed by atoms with van der Waals surface area (Å²) in [7, 11) is 0. The molecule has 3 aromatic rings. The second kappa shape index (κ2) is 8.28. The number of esters is 1. The van der Waals surface area contributed by atoms with Gasteiger partial charge in [-0.05, 0) is 41.8 Å². The third-order valence-corrected chi connectivity index (χ3v) is 4.93. The highest BCUT2D eigenvalue weighted by Crippen LogP contribution is 2.36. The van der Waals surface area contributed by atoms with E-state index in [0.717, 1.165) is 22.4 Å². The number of carbonyl (C=O) groups excluding carboxylic acids is 1. The molecule has 1 aliphatic heterocycles. The quantitative estimate of drug-likeness (QED) is 0.662. The fourth-order valence-corrected chi connectivity index (χ4v) is 3.55. The Morgan fingerprint density at radius 1 is 1.04 bits per heavy atom. The fourth-order valence-electron chi connectivity index (χ4n) is 3.55. The van der Waals surface area contributed by atoms with E-state index in [1.54, 1.807) is 6.07 Å². The Labute approximate surface area is 165 Å². The normalized spacial score (nSPS) is 15.0. The first-order valence-corrected chi connectivity index (χ1v) is 9.55. The number of hydrogen-bond donors (Lipinski definition) is 1.